The van der Waals surface area contributed by atoms with Crippen molar-refractivity contribution in [1.82, 2.24) is 24.5 Å². The summed E-state index contributed by atoms with van der Waals surface area (Å²) in [4.78, 5) is 30.3. The van der Waals surface area contributed by atoms with Gasteiger partial charge in [0.2, 0.25) is 0 Å². The highest BCUT2D eigenvalue weighted by Crippen LogP contribution is 2.31. The minimum atomic E-state index is -4.52. The van der Waals surface area contributed by atoms with Crippen molar-refractivity contribution in [2.45, 2.75) is 18.3 Å². The van der Waals surface area contributed by atoms with E-state index in [0.717, 1.165) is 12.3 Å². The van der Waals surface area contributed by atoms with E-state index < -0.39 is 29.4 Å². The van der Waals surface area contributed by atoms with Crippen molar-refractivity contribution in [1.29, 1.82) is 0 Å². The smallest absolute Gasteiger partial charge is 0.388 e. The third-order valence-corrected chi connectivity index (χ3v) is 5.44. The van der Waals surface area contributed by atoms with Gasteiger partial charge in [-0.1, -0.05) is 0 Å². The second-order valence-electron chi connectivity index (χ2n) is 7.55. The normalized spacial score (nSPS) is 18.7. The van der Waals surface area contributed by atoms with Crippen LogP contribution in [0.2, 0.25) is 0 Å². The van der Waals surface area contributed by atoms with Crippen LogP contribution in [0.1, 0.15) is 11.6 Å². The Morgan fingerprint density at radius 3 is 2.58 bits per heavy atom. The van der Waals surface area contributed by atoms with E-state index in [1.165, 1.54) is 23.0 Å². The molecule has 0 radical (unpaired) electrons. The van der Waals surface area contributed by atoms with Gasteiger partial charge in [0.1, 0.15) is 11.6 Å². The van der Waals surface area contributed by atoms with E-state index >= 15 is 0 Å². The molecular weight excluding hydrogens is 439 g/mol. The van der Waals surface area contributed by atoms with Gasteiger partial charge >= 0.3 is 6.18 Å². The number of aliphatic hydroxyl groups excluding tert-OH is 1. The zero-order valence-electron chi connectivity index (χ0n) is 16.9. The molecule has 1 fully saturated rings. The van der Waals surface area contributed by atoms with Crippen LogP contribution in [0.4, 0.5) is 13.2 Å². The Hall–Kier alpha value is -3.70. The molecule has 0 bridgehead atoms. The van der Waals surface area contributed by atoms with E-state index in [4.69, 9.17) is 4.74 Å². The van der Waals surface area contributed by atoms with Gasteiger partial charge < -0.3 is 9.84 Å². The second kappa shape index (κ2) is 8.01. The highest BCUT2D eigenvalue weighted by molar-refractivity contribution is 5.93. The molecule has 0 unspecified atom stereocenters. The first-order valence-corrected chi connectivity index (χ1v) is 9.94. The number of rotatable bonds is 3. The van der Waals surface area contributed by atoms with Crippen LogP contribution in [0.5, 0.6) is 0 Å². The Bertz CT molecular complexity index is 1370. The summed E-state index contributed by atoms with van der Waals surface area (Å²) in [6.45, 7) is 0.259. The van der Waals surface area contributed by atoms with Crippen LogP contribution in [0.15, 0.2) is 60.0 Å². The number of ether oxygens (including phenoxy) is 1. The number of aliphatic hydroxyl groups is 1. The molecule has 1 N–H and O–H groups in total. The number of halogens is 3. The molecule has 1 aliphatic heterocycles. The fraction of sp³-hybridized carbons (Fsp3) is 0.227. The first-order chi connectivity index (χ1) is 15.8. The average molecular weight is 455 g/mol. The molecule has 4 aromatic heterocycles. The Kier molecular flexibility index (Phi) is 5.14. The SMILES string of the molecule is O=c1c2cc(-c3ccc(C(F)(F)F)cn3)nc(-c3cccnc3)c2ncn1[C@H]1COC[C@@H]1O. The number of aromatic nitrogens is 5. The van der Waals surface area contributed by atoms with Gasteiger partial charge in [0, 0.05) is 24.2 Å². The van der Waals surface area contributed by atoms with Gasteiger partial charge in [0.15, 0.2) is 0 Å². The van der Waals surface area contributed by atoms with Gasteiger partial charge in [-0.05, 0) is 30.3 Å². The first kappa shape index (κ1) is 21.2. The molecule has 0 saturated carbocycles. The molecule has 4 aromatic rings. The molecule has 33 heavy (non-hydrogen) atoms. The number of pyridine rings is 3. The monoisotopic (exact) mass is 455 g/mol. The van der Waals surface area contributed by atoms with Crippen LogP contribution in [0.3, 0.4) is 0 Å². The summed E-state index contributed by atoms with van der Waals surface area (Å²) in [6, 6.07) is 6.38. The lowest BCUT2D eigenvalue weighted by Gasteiger charge is -2.17. The molecule has 0 aliphatic carbocycles. The fourth-order valence-electron chi connectivity index (χ4n) is 3.73. The molecule has 1 saturated heterocycles. The van der Waals surface area contributed by atoms with E-state index in [2.05, 4.69) is 19.9 Å². The Balaban J connectivity index is 1.73. The zero-order valence-corrected chi connectivity index (χ0v) is 16.9. The van der Waals surface area contributed by atoms with Crippen LogP contribution < -0.4 is 5.56 Å². The van der Waals surface area contributed by atoms with Crippen molar-refractivity contribution in [2.75, 3.05) is 13.2 Å². The molecular formula is C22H16F3N5O3. The van der Waals surface area contributed by atoms with Crippen molar-refractivity contribution >= 4 is 10.9 Å². The van der Waals surface area contributed by atoms with Gasteiger partial charge in [-0.15, -0.1) is 0 Å². The Morgan fingerprint density at radius 1 is 1.09 bits per heavy atom. The number of hydrogen-bond donors (Lipinski definition) is 1. The molecule has 5 rings (SSSR count). The van der Waals surface area contributed by atoms with Crippen molar-refractivity contribution in [3.8, 4) is 22.6 Å². The van der Waals surface area contributed by atoms with Gasteiger partial charge in [0.25, 0.3) is 5.56 Å². The van der Waals surface area contributed by atoms with Crippen molar-refractivity contribution in [2.24, 2.45) is 0 Å². The molecule has 0 aromatic carbocycles. The number of hydrogen-bond acceptors (Lipinski definition) is 7. The topological polar surface area (TPSA) is 103 Å². The van der Waals surface area contributed by atoms with Crippen molar-refractivity contribution in [3.63, 3.8) is 0 Å². The molecule has 11 heteroatoms. The Labute approximate surface area is 184 Å². The van der Waals surface area contributed by atoms with E-state index in [9.17, 15) is 23.1 Å². The fourth-order valence-corrected chi connectivity index (χ4v) is 3.73. The van der Waals surface area contributed by atoms with Crippen LogP contribution in [-0.2, 0) is 10.9 Å². The second-order valence-corrected chi connectivity index (χ2v) is 7.55. The molecule has 8 nitrogen and oxygen atoms in total. The zero-order chi connectivity index (χ0) is 23.2. The summed E-state index contributed by atoms with van der Waals surface area (Å²) in [5, 5.41) is 10.3. The van der Waals surface area contributed by atoms with Crippen LogP contribution in [0.25, 0.3) is 33.5 Å². The third-order valence-electron chi connectivity index (χ3n) is 5.44. The van der Waals surface area contributed by atoms with E-state index in [1.807, 2.05) is 0 Å². The predicted octanol–water partition coefficient (Wildman–Crippen LogP) is 2.87. The molecule has 5 heterocycles. The minimum absolute atomic E-state index is 0.104. The molecule has 168 valence electrons. The largest absolute Gasteiger partial charge is 0.417 e. The van der Waals surface area contributed by atoms with Crippen LogP contribution in [-0.4, -0.2) is 48.9 Å². The average Bonchev–Trinajstić information content (AvgIpc) is 3.24. The Morgan fingerprint density at radius 2 is 1.94 bits per heavy atom. The highest BCUT2D eigenvalue weighted by Gasteiger charge is 2.31. The van der Waals surface area contributed by atoms with E-state index in [1.54, 1.807) is 24.5 Å². The predicted molar refractivity (Wildman–Crippen MR) is 111 cm³/mol. The summed E-state index contributed by atoms with van der Waals surface area (Å²) < 4.78 is 45.4. The maximum Gasteiger partial charge on any atom is 0.417 e. The lowest BCUT2D eigenvalue weighted by Crippen LogP contribution is -2.32. The summed E-state index contributed by atoms with van der Waals surface area (Å²) >= 11 is 0. The maximum absolute atomic E-state index is 13.4. The maximum atomic E-state index is 13.4. The van der Waals surface area contributed by atoms with E-state index in [0.29, 0.717) is 16.8 Å². The van der Waals surface area contributed by atoms with Crippen LogP contribution >= 0.6 is 0 Å². The molecule has 0 amide bonds. The number of fused-ring (bicyclic) bond motifs is 1. The summed E-state index contributed by atoms with van der Waals surface area (Å²) in [7, 11) is 0. The van der Waals surface area contributed by atoms with Crippen molar-refractivity contribution < 1.29 is 23.0 Å². The lowest BCUT2D eigenvalue weighted by molar-refractivity contribution is -0.137. The van der Waals surface area contributed by atoms with Gasteiger partial charge in [-0.2, -0.15) is 13.2 Å². The summed E-state index contributed by atoms with van der Waals surface area (Å²) in [5.74, 6) is 0. The first-order valence-electron chi connectivity index (χ1n) is 9.94. The lowest BCUT2D eigenvalue weighted by atomic mass is 10.1. The summed E-state index contributed by atoms with van der Waals surface area (Å²) in [6.07, 6.45) is -0.200. The summed E-state index contributed by atoms with van der Waals surface area (Å²) in [5.41, 5.74) is 0.251. The van der Waals surface area contributed by atoms with Gasteiger partial charge in [-0.3, -0.25) is 19.3 Å². The molecule has 0 spiro atoms. The minimum Gasteiger partial charge on any atom is -0.388 e. The van der Waals surface area contributed by atoms with E-state index in [-0.39, 0.29) is 30.0 Å². The molecule has 2 atom stereocenters. The van der Waals surface area contributed by atoms with Crippen LogP contribution in [0, 0.1) is 0 Å². The van der Waals surface area contributed by atoms with Gasteiger partial charge in [-0.25, -0.2) is 9.97 Å². The third kappa shape index (κ3) is 3.85. The van der Waals surface area contributed by atoms with Gasteiger partial charge in [0.05, 0.1) is 53.6 Å². The van der Waals surface area contributed by atoms with Crippen molar-refractivity contribution in [3.05, 3.63) is 71.2 Å². The molecule has 1 aliphatic rings. The number of nitrogens with zero attached hydrogens (tertiary/aromatic N) is 5. The standard InChI is InChI=1S/C22H16F3N5O3/c23-22(24,25)13-3-4-15(27-8-13)16-6-14-20(19(29-16)12-2-1-5-26-7-12)28-11-30(21(14)32)17-9-33-10-18(17)31/h1-8,11,17-18,31H,9-10H2/t17-,18-/m0/s1. The number of alkyl halides is 3. The quantitative estimate of drug-likeness (QED) is 0.507. The highest BCUT2D eigenvalue weighted by atomic mass is 19.4.